The van der Waals surface area contributed by atoms with Crippen LogP contribution in [-0.4, -0.2) is 4.33 Å². The van der Waals surface area contributed by atoms with Gasteiger partial charge in [-0.15, -0.1) is 23.2 Å². The molecule has 6 rings (SSSR count). The predicted molar refractivity (Wildman–Crippen MR) is 137 cm³/mol. The molecule has 2 heteroatoms. The molecule has 0 saturated heterocycles. The Morgan fingerprint density at radius 1 is 0.387 bits per heavy atom. The zero-order valence-electron chi connectivity index (χ0n) is 20.6. The topological polar surface area (TPSA) is 0 Å². The van der Waals surface area contributed by atoms with Gasteiger partial charge in [-0.1, -0.05) is 64.2 Å². The lowest BCUT2D eigenvalue weighted by Gasteiger charge is -2.43. The molecule has 0 heterocycles. The highest BCUT2D eigenvalue weighted by Crippen LogP contribution is 2.53. The Balaban J connectivity index is 0.000000124. The molecule has 6 aliphatic carbocycles. The summed E-state index contributed by atoms with van der Waals surface area (Å²) in [5.41, 5.74) is 0. The van der Waals surface area contributed by atoms with Crippen LogP contribution in [0.4, 0.5) is 0 Å². The molecule has 0 aromatic rings. The van der Waals surface area contributed by atoms with Crippen LogP contribution in [0.1, 0.15) is 129 Å². The summed E-state index contributed by atoms with van der Waals surface area (Å²) in [7, 11) is 0. The summed E-state index contributed by atoms with van der Waals surface area (Å²) in [6, 6.07) is 0. The van der Waals surface area contributed by atoms with Crippen LogP contribution < -0.4 is 0 Å². The first-order chi connectivity index (χ1) is 14.9. The molecule has 31 heavy (non-hydrogen) atoms. The first kappa shape index (κ1) is 24.7. The second-order valence-electron chi connectivity index (χ2n) is 12.6. The Morgan fingerprint density at radius 2 is 0.613 bits per heavy atom. The molecular weight excluding hydrogens is 419 g/mol. The maximum absolute atomic E-state index is 5.30. The minimum atomic E-state index is -0.556. The van der Waals surface area contributed by atoms with Gasteiger partial charge < -0.3 is 0 Å². The van der Waals surface area contributed by atoms with Crippen molar-refractivity contribution in [1.29, 1.82) is 0 Å². The largest absolute Gasteiger partial charge is 0.112 e. The summed E-state index contributed by atoms with van der Waals surface area (Å²) in [6.45, 7) is 3.44. The molecule has 0 spiro atoms. The highest BCUT2D eigenvalue weighted by Gasteiger charge is 2.43. The number of alkyl halides is 2. The second kappa shape index (κ2) is 11.3. The highest BCUT2D eigenvalue weighted by molar-refractivity contribution is 6.47. The fourth-order valence-corrected chi connectivity index (χ4v) is 9.15. The van der Waals surface area contributed by atoms with Gasteiger partial charge in [-0.3, -0.25) is 0 Å². The summed E-state index contributed by atoms with van der Waals surface area (Å²) >= 11 is 10.6. The van der Waals surface area contributed by atoms with Gasteiger partial charge in [0.15, 0.2) is 0 Å². The highest BCUT2D eigenvalue weighted by atomic mass is 35.5. The molecule has 0 amide bonds. The Kier molecular flexibility index (Phi) is 9.03. The third-order valence-electron chi connectivity index (χ3n) is 10.3. The smallest absolute Gasteiger partial charge is 0.102 e. The van der Waals surface area contributed by atoms with Crippen molar-refractivity contribution in [2.24, 2.45) is 47.3 Å². The maximum Gasteiger partial charge on any atom is 0.112 e. The van der Waals surface area contributed by atoms with Gasteiger partial charge in [-0.05, 0) is 113 Å². The fraction of sp³-hybridized carbons (Fsp3) is 1.00. The molecular formula is C29H50Cl2. The molecule has 0 N–H and O–H groups in total. The summed E-state index contributed by atoms with van der Waals surface area (Å²) in [4.78, 5) is 0. The molecule has 0 aromatic carbocycles. The average molecular weight is 470 g/mol. The molecule has 6 fully saturated rings. The molecule has 0 aromatic heterocycles. The van der Waals surface area contributed by atoms with Gasteiger partial charge in [0.2, 0.25) is 0 Å². The van der Waals surface area contributed by atoms with Crippen LogP contribution in [0, 0.1) is 47.3 Å². The Bertz CT molecular complexity index is 489. The molecule has 8 unspecified atom stereocenters. The lowest BCUT2D eigenvalue weighted by molar-refractivity contribution is 0.0729. The Morgan fingerprint density at radius 3 is 0.935 bits per heavy atom. The lowest BCUT2D eigenvalue weighted by atomic mass is 9.62. The Labute approximate surface area is 204 Å². The van der Waals surface area contributed by atoms with Gasteiger partial charge in [0.25, 0.3) is 0 Å². The van der Waals surface area contributed by atoms with Crippen molar-refractivity contribution < 1.29 is 0 Å². The van der Waals surface area contributed by atoms with Crippen molar-refractivity contribution in [3.8, 4) is 0 Å². The van der Waals surface area contributed by atoms with Gasteiger partial charge >= 0.3 is 0 Å². The zero-order chi connectivity index (χ0) is 21.8. The van der Waals surface area contributed by atoms with E-state index < -0.39 is 4.33 Å². The van der Waals surface area contributed by atoms with E-state index in [1.165, 1.54) is 35.5 Å². The van der Waals surface area contributed by atoms with Crippen molar-refractivity contribution in [1.82, 2.24) is 0 Å². The van der Waals surface area contributed by atoms with E-state index in [1.807, 2.05) is 0 Å². The van der Waals surface area contributed by atoms with E-state index in [-0.39, 0.29) is 0 Å². The van der Waals surface area contributed by atoms with Crippen LogP contribution in [0.25, 0.3) is 0 Å². The third kappa shape index (κ3) is 6.81. The van der Waals surface area contributed by atoms with Crippen LogP contribution in [0.3, 0.4) is 0 Å². The molecule has 0 nitrogen and oxygen atoms in total. The van der Waals surface area contributed by atoms with Gasteiger partial charge in [-0.25, -0.2) is 0 Å². The van der Waals surface area contributed by atoms with Gasteiger partial charge in [0, 0.05) is 0 Å². The molecule has 8 atom stereocenters. The quantitative estimate of drug-likeness (QED) is 0.310. The molecule has 0 aliphatic heterocycles. The summed E-state index contributed by atoms with van der Waals surface area (Å²) in [5, 5.41) is 0. The van der Waals surface area contributed by atoms with E-state index in [0.717, 1.165) is 11.8 Å². The summed E-state index contributed by atoms with van der Waals surface area (Å²) < 4.78 is -0.556. The van der Waals surface area contributed by atoms with Crippen LogP contribution in [0.2, 0.25) is 0 Å². The van der Waals surface area contributed by atoms with Crippen LogP contribution >= 0.6 is 23.2 Å². The molecule has 0 bridgehead atoms. The molecule has 0 radical (unpaired) electrons. The second-order valence-corrected chi connectivity index (χ2v) is 14.7. The lowest BCUT2D eigenvalue weighted by Crippen LogP contribution is -2.33. The monoisotopic (exact) mass is 468 g/mol. The SMILES string of the molecule is C1CCC2C(C1)CCC1CCCC12.C1CCC2C(C1)CCC1CCCC12.CC(C)(Cl)Cl. The van der Waals surface area contributed by atoms with E-state index in [0.29, 0.717) is 0 Å². The number of halogens is 2. The first-order valence-electron chi connectivity index (χ1n) is 14.3. The fourth-order valence-electron chi connectivity index (χ4n) is 9.15. The van der Waals surface area contributed by atoms with Gasteiger partial charge in [0.05, 0.1) is 0 Å². The van der Waals surface area contributed by atoms with Crippen molar-refractivity contribution >= 4 is 23.2 Å². The molecule has 6 saturated carbocycles. The minimum absolute atomic E-state index is 0.556. The van der Waals surface area contributed by atoms with E-state index in [2.05, 4.69) is 0 Å². The standard InChI is InChI=1S/2C13H22.C3H6Cl2/c2*1-2-6-12-10(4-1)8-9-11-5-3-7-13(11)12;1-3(2,4)5/h2*10-13H,1-9H2;1-2H3. The van der Waals surface area contributed by atoms with E-state index in [4.69, 9.17) is 23.2 Å². The number of fused-ring (bicyclic) bond motifs is 6. The van der Waals surface area contributed by atoms with E-state index >= 15 is 0 Å². The van der Waals surface area contributed by atoms with Crippen molar-refractivity contribution in [3.63, 3.8) is 0 Å². The predicted octanol–water partition coefficient (Wildman–Crippen LogP) is 10.2. The van der Waals surface area contributed by atoms with E-state index in [1.54, 1.807) is 129 Å². The van der Waals surface area contributed by atoms with Crippen molar-refractivity contribution in [2.45, 2.75) is 134 Å². The van der Waals surface area contributed by atoms with Gasteiger partial charge in [0.1, 0.15) is 4.33 Å². The number of rotatable bonds is 0. The Hall–Kier alpha value is 0.580. The molecule has 180 valence electrons. The minimum Gasteiger partial charge on any atom is -0.102 e. The maximum atomic E-state index is 5.30. The summed E-state index contributed by atoms with van der Waals surface area (Å²) in [5.74, 6) is 9.36. The zero-order valence-corrected chi connectivity index (χ0v) is 22.1. The van der Waals surface area contributed by atoms with E-state index in [9.17, 15) is 0 Å². The molecule has 6 aliphatic rings. The normalized spacial score (nSPS) is 43.7. The van der Waals surface area contributed by atoms with Crippen LogP contribution in [0.15, 0.2) is 0 Å². The summed E-state index contributed by atoms with van der Waals surface area (Å²) in [6.07, 6.45) is 28.3. The van der Waals surface area contributed by atoms with Crippen LogP contribution in [0.5, 0.6) is 0 Å². The number of hydrogen-bond donors (Lipinski definition) is 0. The third-order valence-corrected chi connectivity index (χ3v) is 10.3. The van der Waals surface area contributed by atoms with Crippen molar-refractivity contribution in [2.75, 3.05) is 0 Å². The van der Waals surface area contributed by atoms with Gasteiger partial charge in [-0.2, -0.15) is 0 Å². The first-order valence-corrected chi connectivity index (χ1v) is 15.0. The van der Waals surface area contributed by atoms with Crippen LogP contribution in [-0.2, 0) is 0 Å². The van der Waals surface area contributed by atoms with Crippen molar-refractivity contribution in [3.05, 3.63) is 0 Å². The average Bonchev–Trinajstić information content (AvgIpc) is 3.42. The number of hydrogen-bond acceptors (Lipinski definition) is 0.